The number of nitrogens with zero attached hydrogens (tertiary/aromatic N) is 2. The van der Waals surface area contributed by atoms with E-state index in [1.165, 1.54) is 6.07 Å². The Kier molecular flexibility index (Phi) is 5.05. The van der Waals surface area contributed by atoms with Gasteiger partial charge in [0, 0.05) is 10.3 Å². The Morgan fingerprint density at radius 1 is 1.43 bits per heavy atom. The molecule has 0 spiro atoms. The highest BCUT2D eigenvalue weighted by atomic mass is 16.6. The first-order valence-electron chi connectivity index (χ1n) is 7.29. The molecule has 1 atom stereocenters. The van der Waals surface area contributed by atoms with Crippen molar-refractivity contribution in [1.29, 1.82) is 0 Å². The van der Waals surface area contributed by atoms with Crippen molar-refractivity contribution in [3.63, 3.8) is 0 Å². The Hall–Kier alpha value is -2.76. The summed E-state index contributed by atoms with van der Waals surface area (Å²) in [6.45, 7) is 7.42. The molecular formula is C17H18N2O4. The van der Waals surface area contributed by atoms with Gasteiger partial charge in [0.2, 0.25) is 0 Å². The molecule has 0 N–H and O–H groups in total. The SMILES string of the molecule is C=CCc1c(C)ccc2nc(C(C(=O)OCC)[N+](=O)[O-])ccc12. The van der Waals surface area contributed by atoms with Gasteiger partial charge in [-0.05, 0) is 43.5 Å². The summed E-state index contributed by atoms with van der Waals surface area (Å²) in [7, 11) is 0. The van der Waals surface area contributed by atoms with Gasteiger partial charge in [0.15, 0.2) is 0 Å². The first-order chi connectivity index (χ1) is 11.0. The van der Waals surface area contributed by atoms with Gasteiger partial charge >= 0.3 is 12.0 Å². The number of ether oxygens (including phenoxy) is 1. The minimum absolute atomic E-state index is 0.0781. The maximum Gasteiger partial charge on any atom is 0.388 e. The number of carbonyl (C=O) groups is 1. The summed E-state index contributed by atoms with van der Waals surface area (Å²) < 4.78 is 4.78. The molecule has 1 aromatic heterocycles. The van der Waals surface area contributed by atoms with Gasteiger partial charge in [-0.1, -0.05) is 18.2 Å². The monoisotopic (exact) mass is 314 g/mol. The van der Waals surface area contributed by atoms with E-state index in [-0.39, 0.29) is 12.3 Å². The van der Waals surface area contributed by atoms with Gasteiger partial charge in [-0.2, -0.15) is 0 Å². The number of esters is 1. The summed E-state index contributed by atoms with van der Waals surface area (Å²) in [5.74, 6) is -0.900. The lowest BCUT2D eigenvalue weighted by Crippen LogP contribution is -2.24. The topological polar surface area (TPSA) is 82.3 Å². The smallest absolute Gasteiger partial charge is 0.388 e. The molecule has 2 rings (SSSR count). The van der Waals surface area contributed by atoms with Crippen LogP contribution in [0.4, 0.5) is 0 Å². The normalized spacial score (nSPS) is 11.9. The lowest BCUT2D eigenvalue weighted by molar-refractivity contribution is -0.517. The van der Waals surface area contributed by atoms with E-state index in [1.54, 1.807) is 25.1 Å². The highest BCUT2D eigenvalue weighted by Crippen LogP contribution is 2.25. The number of aryl methyl sites for hydroxylation is 1. The van der Waals surface area contributed by atoms with Crippen molar-refractivity contribution in [2.24, 2.45) is 0 Å². The Morgan fingerprint density at radius 2 is 2.17 bits per heavy atom. The number of pyridine rings is 1. The lowest BCUT2D eigenvalue weighted by atomic mass is 9.99. The number of allylic oxidation sites excluding steroid dienone is 1. The van der Waals surface area contributed by atoms with E-state index in [1.807, 2.05) is 13.0 Å². The van der Waals surface area contributed by atoms with E-state index in [2.05, 4.69) is 11.6 Å². The molecule has 1 aromatic carbocycles. The van der Waals surface area contributed by atoms with Crippen molar-refractivity contribution < 1.29 is 14.5 Å². The number of nitro groups is 1. The molecule has 23 heavy (non-hydrogen) atoms. The largest absolute Gasteiger partial charge is 0.461 e. The third-order valence-electron chi connectivity index (χ3n) is 3.59. The van der Waals surface area contributed by atoms with Crippen molar-refractivity contribution in [2.45, 2.75) is 26.3 Å². The number of hydrogen-bond acceptors (Lipinski definition) is 5. The van der Waals surface area contributed by atoms with Gasteiger partial charge < -0.3 is 4.74 Å². The highest BCUT2D eigenvalue weighted by Gasteiger charge is 2.35. The first-order valence-corrected chi connectivity index (χ1v) is 7.29. The standard InChI is InChI=1S/C17H18N2O4/c1-4-6-12-11(3)7-9-14-13(12)8-10-15(18-14)16(19(21)22)17(20)23-5-2/h4,7-10,16H,1,5-6H2,2-3H3. The molecule has 0 aliphatic heterocycles. The van der Waals surface area contributed by atoms with Crippen LogP contribution in [0.25, 0.3) is 10.9 Å². The predicted octanol–water partition coefficient (Wildman–Crippen LogP) is 3.15. The predicted molar refractivity (Wildman–Crippen MR) is 86.7 cm³/mol. The van der Waals surface area contributed by atoms with Crippen LogP contribution in [-0.4, -0.2) is 22.5 Å². The molecule has 1 heterocycles. The fraction of sp³-hybridized carbons (Fsp3) is 0.294. The number of carbonyl (C=O) groups excluding carboxylic acids is 1. The Bertz CT molecular complexity index is 771. The van der Waals surface area contributed by atoms with Gasteiger partial charge in [0.1, 0.15) is 5.69 Å². The molecule has 0 radical (unpaired) electrons. The van der Waals surface area contributed by atoms with E-state index >= 15 is 0 Å². The van der Waals surface area contributed by atoms with Crippen LogP contribution in [0, 0.1) is 17.0 Å². The summed E-state index contributed by atoms with van der Waals surface area (Å²) >= 11 is 0. The third kappa shape index (κ3) is 3.36. The van der Waals surface area contributed by atoms with Gasteiger partial charge in [-0.25, -0.2) is 9.78 Å². The molecule has 0 bridgehead atoms. The van der Waals surface area contributed by atoms with Gasteiger partial charge in [0.25, 0.3) is 0 Å². The zero-order valence-electron chi connectivity index (χ0n) is 13.1. The van der Waals surface area contributed by atoms with E-state index < -0.39 is 16.9 Å². The number of hydrogen-bond donors (Lipinski definition) is 0. The first kappa shape index (κ1) is 16.6. The summed E-state index contributed by atoms with van der Waals surface area (Å²) in [4.78, 5) is 26.7. The summed E-state index contributed by atoms with van der Waals surface area (Å²) in [5.41, 5.74) is 2.86. The summed E-state index contributed by atoms with van der Waals surface area (Å²) in [6.07, 6.45) is 2.48. The maximum atomic E-state index is 11.8. The van der Waals surface area contributed by atoms with Crippen LogP contribution in [-0.2, 0) is 16.0 Å². The molecule has 0 amide bonds. The molecule has 2 aromatic rings. The van der Waals surface area contributed by atoms with E-state index in [0.29, 0.717) is 11.9 Å². The highest BCUT2D eigenvalue weighted by molar-refractivity contribution is 5.85. The maximum absolute atomic E-state index is 11.8. The Labute approximate surface area is 133 Å². The molecular weight excluding hydrogens is 296 g/mol. The zero-order valence-corrected chi connectivity index (χ0v) is 13.1. The van der Waals surface area contributed by atoms with Crippen LogP contribution in [0.2, 0.25) is 0 Å². The fourth-order valence-electron chi connectivity index (χ4n) is 2.49. The number of fused-ring (bicyclic) bond motifs is 1. The Balaban J connectivity index is 2.55. The third-order valence-corrected chi connectivity index (χ3v) is 3.59. The fourth-order valence-corrected chi connectivity index (χ4v) is 2.49. The van der Waals surface area contributed by atoms with Crippen LogP contribution in [0.15, 0.2) is 36.9 Å². The van der Waals surface area contributed by atoms with E-state index in [0.717, 1.165) is 16.5 Å². The van der Waals surface area contributed by atoms with Gasteiger partial charge in [0.05, 0.1) is 12.1 Å². The summed E-state index contributed by atoms with van der Waals surface area (Å²) in [6, 6.07) is 5.37. The van der Waals surface area contributed by atoms with Gasteiger partial charge in [-0.15, -0.1) is 6.58 Å². The van der Waals surface area contributed by atoms with Crippen LogP contribution >= 0.6 is 0 Å². The van der Waals surface area contributed by atoms with Crippen LogP contribution in [0.1, 0.15) is 29.8 Å². The summed E-state index contributed by atoms with van der Waals surface area (Å²) in [5, 5.41) is 12.1. The molecule has 6 nitrogen and oxygen atoms in total. The van der Waals surface area contributed by atoms with Crippen molar-refractivity contribution in [3.8, 4) is 0 Å². The molecule has 6 heteroatoms. The quantitative estimate of drug-likeness (QED) is 0.354. The van der Waals surface area contributed by atoms with Crippen LogP contribution < -0.4 is 0 Å². The van der Waals surface area contributed by atoms with Crippen molar-refractivity contribution >= 4 is 16.9 Å². The van der Waals surface area contributed by atoms with Crippen molar-refractivity contribution in [2.75, 3.05) is 6.61 Å². The van der Waals surface area contributed by atoms with Crippen LogP contribution in [0.5, 0.6) is 0 Å². The molecule has 0 saturated carbocycles. The second-order valence-electron chi connectivity index (χ2n) is 5.10. The van der Waals surface area contributed by atoms with Crippen LogP contribution in [0.3, 0.4) is 0 Å². The number of rotatable bonds is 6. The molecule has 0 fully saturated rings. The van der Waals surface area contributed by atoms with Crippen molar-refractivity contribution in [3.05, 3.63) is 63.9 Å². The second-order valence-corrected chi connectivity index (χ2v) is 5.10. The number of benzene rings is 1. The second kappa shape index (κ2) is 7.00. The molecule has 0 aliphatic rings. The minimum Gasteiger partial charge on any atom is -0.461 e. The molecule has 120 valence electrons. The van der Waals surface area contributed by atoms with E-state index in [4.69, 9.17) is 4.74 Å². The van der Waals surface area contributed by atoms with Crippen molar-refractivity contribution in [1.82, 2.24) is 4.98 Å². The molecule has 0 aliphatic carbocycles. The number of aromatic nitrogens is 1. The van der Waals surface area contributed by atoms with E-state index in [9.17, 15) is 14.9 Å². The minimum atomic E-state index is -1.61. The molecule has 1 unspecified atom stereocenters. The lowest BCUT2D eigenvalue weighted by Gasteiger charge is -2.11. The average Bonchev–Trinajstić information content (AvgIpc) is 2.50. The zero-order chi connectivity index (χ0) is 17.0. The van der Waals surface area contributed by atoms with Gasteiger partial charge in [-0.3, -0.25) is 10.1 Å². The average molecular weight is 314 g/mol. The Morgan fingerprint density at radius 3 is 2.78 bits per heavy atom. The molecule has 0 saturated heterocycles.